The monoisotopic (exact) mass is 1240 g/mol. The van der Waals surface area contributed by atoms with Crippen LogP contribution < -0.4 is 4.74 Å². The molecule has 0 fully saturated rings. The number of imidazole rings is 2. The van der Waals surface area contributed by atoms with Gasteiger partial charge in [-0.25, -0.2) is 4.39 Å². The average molecular weight is 1250 g/mol. The molecule has 12 aromatic rings. The molecule has 0 amide bonds. The molecule has 9 heteroatoms. The molecule has 0 radical (unpaired) electrons. The second-order valence-corrected chi connectivity index (χ2v) is 22.5. The summed E-state index contributed by atoms with van der Waals surface area (Å²) < 4.78 is 34.7. The predicted molar refractivity (Wildman–Crippen MR) is 325 cm³/mol. The van der Waals surface area contributed by atoms with E-state index in [1.807, 2.05) is 60.9 Å². The first-order chi connectivity index (χ1) is 38.7. The van der Waals surface area contributed by atoms with Crippen LogP contribution in [0.15, 0.2) is 180 Å². The third kappa shape index (κ3) is 10.2. The van der Waals surface area contributed by atoms with Gasteiger partial charge in [0.25, 0.3) is 0 Å². The molecule has 12 rings (SSSR count). The van der Waals surface area contributed by atoms with Gasteiger partial charge < -0.3 is 18.3 Å². The second-order valence-electron chi connectivity index (χ2n) is 22.5. The van der Waals surface area contributed by atoms with Crippen LogP contribution in [0.3, 0.4) is 0 Å². The Bertz CT molecular complexity index is 4210. The fourth-order valence-electron chi connectivity index (χ4n) is 11.2. The van der Waals surface area contributed by atoms with Crippen LogP contribution in [0.4, 0.5) is 4.39 Å². The van der Waals surface area contributed by atoms with Crippen molar-refractivity contribution in [3.8, 4) is 79.0 Å². The summed E-state index contributed by atoms with van der Waals surface area (Å²) in [5.41, 5.74) is 18.5. The van der Waals surface area contributed by atoms with Crippen molar-refractivity contribution in [3.63, 3.8) is 0 Å². The zero-order chi connectivity index (χ0) is 55.5. The maximum absolute atomic E-state index is 16.8. The number of hydrogen-bond donors (Lipinski definition) is 0. The smallest absolute Gasteiger partial charge is 0.494 e. The molecule has 7 nitrogen and oxygen atoms in total. The predicted octanol–water partition coefficient (Wildman–Crippen LogP) is 20.0. The van der Waals surface area contributed by atoms with Crippen molar-refractivity contribution in [1.82, 2.24) is 24.1 Å². The van der Waals surface area contributed by atoms with Gasteiger partial charge in [0, 0.05) is 23.0 Å². The fourth-order valence-corrected chi connectivity index (χ4v) is 11.2. The largest absolute Gasteiger partial charge is 2.00 e. The summed E-state index contributed by atoms with van der Waals surface area (Å²) in [5, 5.41) is 0. The van der Waals surface area contributed by atoms with Crippen molar-refractivity contribution in [2.75, 3.05) is 0 Å². The molecule has 0 aliphatic rings. The Labute approximate surface area is 488 Å². The van der Waals surface area contributed by atoms with Gasteiger partial charge in [0.05, 0.1) is 50.6 Å². The number of aromatic nitrogens is 5. The van der Waals surface area contributed by atoms with E-state index in [4.69, 9.17) is 24.1 Å². The molecule has 0 spiro atoms. The van der Waals surface area contributed by atoms with Gasteiger partial charge in [-0.2, -0.15) is 0 Å². The van der Waals surface area contributed by atoms with Crippen molar-refractivity contribution in [2.24, 2.45) is 0 Å². The molecule has 0 saturated carbocycles. The SMILES string of the molecule is CC(C)c1nc2c(Oc3[c-]c(-c4nc5ccccc5n4-c4c(C(C)C)cc(-c5ccccc5)cc4C(C)C)ccc3)[c-]c(-c3nc4cccc(F)c4n3-c3c(C(C)C)cc(-c4ccc(-c5ccccc5)cc4)cc3C(C)C)cc2o1.[Pt+2]. The summed E-state index contributed by atoms with van der Waals surface area (Å²) in [7, 11) is 0. The molecule has 0 saturated heterocycles. The molecule has 81 heavy (non-hydrogen) atoms. The Morgan fingerprint density at radius 2 is 0.926 bits per heavy atom. The number of benzene rings is 9. The van der Waals surface area contributed by atoms with E-state index in [0.29, 0.717) is 50.9 Å². The molecule has 0 aliphatic carbocycles. The third-order valence-electron chi connectivity index (χ3n) is 15.3. The van der Waals surface area contributed by atoms with Crippen LogP contribution >= 0.6 is 0 Å². The maximum Gasteiger partial charge on any atom is 2.00 e. The topological polar surface area (TPSA) is 70.9 Å². The van der Waals surface area contributed by atoms with E-state index in [-0.39, 0.29) is 56.5 Å². The summed E-state index contributed by atoms with van der Waals surface area (Å²) in [4.78, 5) is 15.6. The minimum absolute atomic E-state index is 0. The number of hydrogen-bond acceptors (Lipinski definition) is 5. The number of ether oxygens (including phenoxy) is 1. The standard InChI is InChI=1S/C72H64FN5O2.Pt/c1-42(2)56-36-52(48-23-15-12-16-24-48)37-57(43(3)4)67(56)77-63-30-18-17-28-61(63)74-70(77)51-25-19-26-55(35-51)79-64-40-54(41-65-66(64)76-72(80-65)46(9)10)71-75-62-29-20-27-60(73)69(62)78(71)68-58(44(5)6)38-53(39-59(68)45(7)8)50-33-31-49(32-34-50)47-21-13-11-14-22-47;/h11-34,36-39,41-46H,1-10H3;/q-2;+2. The number of para-hydroxylation sites is 3. The van der Waals surface area contributed by atoms with E-state index in [0.717, 1.165) is 61.6 Å². The Morgan fingerprint density at radius 1 is 0.444 bits per heavy atom. The molecule has 0 atom stereocenters. The maximum atomic E-state index is 16.8. The number of halogens is 1. The summed E-state index contributed by atoms with van der Waals surface area (Å²) >= 11 is 0. The minimum Gasteiger partial charge on any atom is -0.494 e. The van der Waals surface area contributed by atoms with Crippen molar-refractivity contribution >= 4 is 33.2 Å². The number of fused-ring (bicyclic) bond motifs is 3. The molecular formula is C72H64FN5O2Pt. The van der Waals surface area contributed by atoms with Crippen molar-refractivity contribution in [1.29, 1.82) is 0 Å². The Balaban J connectivity index is 0.00000690. The Kier molecular flexibility index (Phi) is 15.1. The zero-order valence-electron chi connectivity index (χ0n) is 47.4. The summed E-state index contributed by atoms with van der Waals surface area (Å²) in [6, 6.07) is 67.5. The van der Waals surface area contributed by atoms with Crippen LogP contribution in [0.5, 0.6) is 11.5 Å². The minimum atomic E-state index is -0.379. The van der Waals surface area contributed by atoms with Gasteiger partial charge in [0.2, 0.25) is 0 Å². The van der Waals surface area contributed by atoms with Crippen molar-refractivity contribution in [3.05, 3.63) is 222 Å². The van der Waals surface area contributed by atoms with Gasteiger partial charge in [-0.3, -0.25) is 15.0 Å². The molecule has 3 heterocycles. The Morgan fingerprint density at radius 3 is 1.51 bits per heavy atom. The van der Waals surface area contributed by atoms with Crippen LogP contribution in [0.2, 0.25) is 0 Å². The average Bonchev–Trinajstić information content (AvgIpc) is 4.44. The molecule has 0 bridgehead atoms. The molecule has 0 aliphatic heterocycles. The molecule has 3 aromatic heterocycles. The van der Waals surface area contributed by atoms with Gasteiger partial charge >= 0.3 is 21.1 Å². The first kappa shape index (κ1) is 54.7. The number of oxazole rings is 1. The molecular weight excluding hydrogens is 1180 g/mol. The van der Waals surface area contributed by atoms with Gasteiger partial charge in [-0.15, -0.1) is 29.3 Å². The van der Waals surface area contributed by atoms with Crippen LogP contribution in [0.1, 0.15) is 127 Å². The normalized spacial score (nSPS) is 11.9. The van der Waals surface area contributed by atoms with Gasteiger partial charge in [-0.1, -0.05) is 191 Å². The van der Waals surface area contributed by atoms with E-state index < -0.39 is 0 Å². The quantitative estimate of drug-likeness (QED) is 0.101. The van der Waals surface area contributed by atoms with Gasteiger partial charge in [-0.05, 0) is 128 Å². The number of nitrogens with zero attached hydrogens (tertiary/aromatic N) is 5. The fraction of sp³-hybridized carbons (Fsp3) is 0.208. The first-order valence-corrected chi connectivity index (χ1v) is 28.0. The van der Waals surface area contributed by atoms with E-state index in [1.165, 1.54) is 33.9 Å². The first-order valence-electron chi connectivity index (χ1n) is 28.0. The summed E-state index contributed by atoms with van der Waals surface area (Å²) in [6.45, 7) is 21.9. The Hall–Kier alpha value is -8.19. The van der Waals surface area contributed by atoms with E-state index in [9.17, 15) is 0 Å². The van der Waals surface area contributed by atoms with E-state index in [2.05, 4.69) is 193 Å². The van der Waals surface area contributed by atoms with Crippen LogP contribution in [0, 0.1) is 17.9 Å². The van der Waals surface area contributed by atoms with Crippen LogP contribution in [-0.4, -0.2) is 24.1 Å². The van der Waals surface area contributed by atoms with E-state index >= 15 is 4.39 Å². The van der Waals surface area contributed by atoms with Crippen molar-refractivity contribution in [2.45, 2.75) is 98.8 Å². The van der Waals surface area contributed by atoms with Crippen molar-refractivity contribution < 1.29 is 34.6 Å². The zero-order valence-corrected chi connectivity index (χ0v) is 49.6. The summed E-state index contributed by atoms with van der Waals surface area (Å²) in [5.74, 6) is 2.66. The van der Waals surface area contributed by atoms with E-state index in [1.54, 1.807) is 6.07 Å². The summed E-state index contributed by atoms with van der Waals surface area (Å²) in [6.07, 6.45) is 0. The van der Waals surface area contributed by atoms with Gasteiger partial charge in [0.1, 0.15) is 5.82 Å². The van der Waals surface area contributed by atoms with Gasteiger partial charge in [0.15, 0.2) is 5.89 Å². The molecule has 0 N–H and O–H groups in total. The van der Waals surface area contributed by atoms with Crippen LogP contribution in [0.25, 0.3) is 101 Å². The molecule has 0 unspecified atom stereocenters. The molecule has 9 aromatic carbocycles. The molecule has 406 valence electrons. The number of rotatable bonds is 14. The van der Waals surface area contributed by atoms with Crippen LogP contribution in [-0.2, 0) is 21.1 Å². The third-order valence-corrected chi connectivity index (χ3v) is 15.3. The second kappa shape index (κ2) is 22.4.